The summed E-state index contributed by atoms with van der Waals surface area (Å²) in [6.45, 7) is 1.18. The lowest BCUT2D eigenvalue weighted by molar-refractivity contribution is -0.144. The minimum atomic E-state index is -1.17. The number of benzene rings is 1. The van der Waals surface area contributed by atoms with Gasteiger partial charge in [0.1, 0.15) is 5.78 Å². The smallest absolute Gasteiger partial charge is 0.317 e. The minimum Gasteiger partial charge on any atom is -0.481 e. The van der Waals surface area contributed by atoms with E-state index in [1.54, 1.807) is 26.8 Å². The van der Waals surface area contributed by atoms with E-state index in [9.17, 15) is 68.4 Å². The number of carbonyl (C=O) groups is 10. The van der Waals surface area contributed by atoms with Crippen LogP contribution in [0.15, 0.2) is 30.4 Å². The molecule has 2 heterocycles. The topological polar surface area (TPSA) is 280 Å². The lowest BCUT2D eigenvalue weighted by Crippen LogP contribution is -2.49. The fraction of sp³-hybridized carbons (Fsp3) is 0.609. The van der Waals surface area contributed by atoms with Crippen molar-refractivity contribution in [2.75, 3.05) is 104 Å². The van der Waals surface area contributed by atoms with Crippen LogP contribution in [0.4, 0.5) is 0 Å². The van der Waals surface area contributed by atoms with Gasteiger partial charge in [0.15, 0.2) is 11.6 Å². The van der Waals surface area contributed by atoms with Crippen molar-refractivity contribution in [2.24, 2.45) is 17.8 Å². The van der Waals surface area contributed by atoms with Crippen molar-refractivity contribution < 1.29 is 68.4 Å². The molecule has 5 N–H and O–H groups in total. The molecule has 1 aromatic rings. The zero-order valence-corrected chi connectivity index (χ0v) is 38.9. The number of nitrogens with one attached hydrogen (secondary N) is 1. The fourth-order valence-electron chi connectivity index (χ4n) is 8.70. The number of aliphatic carboxylic acids is 4. The summed E-state index contributed by atoms with van der Waals surface area (Å²) in [6.07, 6.45) is 6.28. The average molecular weight is 957 g/mol. The first kappa shape index (κ1) is 54.3. The van der Waals surface area contributed by atoms with Gasteiger partial charge in [-0.15, -0.1) is 0 Å². The molecule has 1 unspecified atom stereocenters. The molecule has 0 saturated carbocycles. The number of thioether (sulfide) groups is 1. The Balaban J connectivity index is 1.35. The molecule has 368 valence electrons. The molecule has 1 aromatic carbocycles. The maximum atomic E-state index is 14.0. The molecule has 3 aliphatic rings. The largest absolute Gasteiger partial charge is 0.481 e. The van der Waals surface area contributed by atoms with Crippen LogP contribution in [-0.2, 0) is 56.0 Å². The lowest BCUT2D eigenvalue weighted by atomic mass is 9.78. The van der Waals surface area contributed by atoms with Crippen LogP contribution in [0.1, 0.15) is 66.4 Å². The highest BCUT2D eigenvalue weighted by molar-refractivity contribution is 7.98. The normalized spacial score (nSPS) is 18.9. The Kier molecular flexibility index (Phi) is 22.2. The summed E-state index contributed by atoms with van der Waals surface area (Å²) in [5.41, 5.74) is 2.11. The molecule has 1 aliphatic carbocycles. The molecule has 1 fully saturated rings. The molecule has 0 aromatic heterocycles. The van der Waals surface area contributed by atoms with Gasteiger partial charge in [-0.3, -0.25) is 72.4 Å². The molecule has 0 spiro atoms. The van der Waals surface area contributed by atoms with Crippen LogP contribution in [0.2, 0.25) is 0 Å². The van der Waals surface area contributed by atoms with Gasteiger partial charge in [0.25, 0.3) is 11.8 Å². The Morgan fingerprint density at radius 2 is 1.24 bits per heavy atom. The predicted molar refractivity (Wildman–Crippen MR) is 245 cm³/mol. The molecule has 0 radical (unpaired) electrons. The number of imide groups is 1. The Labute approximate surface area is 394 Å². The number of nitrogens with zero attached hydrogens (tertiary/aromatic N) is 5. The molecule has 2 aliphatic heterocycles. The predicted octanol–water partition coefficient (Wildman–Crippen LogP) is 0.650. The van der Waals surface area contributed by atoms with E-state index in [0.29, 0.717) is 62.9 Å². The number of hydrogen-bond donors (Lipinski definition) is 5. The first-order chi connectivity index (χ1) is 31.9. The maximum absolute atomic E-state index is 14.0. The van der Waals surface area contributed by atoms with Crippen molar-refractivity contribution in [3.05, 3.63) is 47.0 Å². The van der Waals surface area contributed by atoms with Gasteiger partial charge < -0.3 is 25.7 Å². The third-order valence-electron chi connectivity index (χ3n) is 12.5. The second kappa shape index (κ2) is 27.5. The Morgan fingerprint density at radius 3 is 1.75 bits per heavy atom. The van der Waals surface area contributed by atoms with Crippen LogP contribution in [0.3, 0.4) is 0 Å². The summed E-state index contributed by atoms with van der Waals surface area (Å²) in [7, 11) is 0. The minimum absolute atomic E-state index is 0.0413. The van der Waals surface area contributed by atoms with Gasteiger partial charge in [0, 0.05) is 101 Å². The van der Waals surface area contributed by atoms with Gasteiger partial charge >= 0.3 is 23.9 Å². The summed E-state index contributed by atoms with van der Waals surface area (Å²) >= 11 is 1.50. The molecular formula is C46H64N6O14S. The van der Waals surface area contributed by atoms with Gasteiger partial charge in [-0.25, -0.2) is 0 Å². The number of ketones is 3. The zero-order chi connectivity index (χ0) is 49.0. The number of carboxylic acids is 4. The lowest BCUT2D eigenvalue weighted by Gasteiger charge is -2.33. The molecule has 20 nitrogen and oxygen atoms in total. The van der Waals surface area contributed by atoms with Crippen LogP contribution in [0.25, 0.3) is 0 Å². The quantitative estimate of drug-likeness (QED) is 0.0484. The van der Waals surface area contributed by atoms with Crippen molar-refractivity contribution in [3.8, 4) is 0 Å². The van der Waals surface area contributed by atoms with E-state index in [1.165, 1.54) is 23.9 Å². The monoisotopic (exact) mass is 956 g/mol. The van der Waals surface area contributed by atoms with E-state index in [4.69, 9.17) is 0 Å². The Hall–Kier alpha value is -5.35. The van der Waals surface area contributed by atoms with Crippen molar-refractivity contribution in [1.82, 2.24) is 29.8 Å². The summed E-state index contributed by atoms with van der Waals surface area (Å²) in [5.74, 6) is -8.02. The second-order valence-corrected chi connectivity index (χ2v) is 18.4. The molecule has 21 heteroatoms. The number of hydrogen-bond acceptors (Lipinski definition) is 15. The van der Waals surface area contributed by atoms with Crippen molar-refractivity contribution in [2.45, 2.75) is 57.8 Å². The zero-order valence-electron chi connectivity index (χ0n) is 38.1. The number of amides is 3. The highest BCUT2D eigenvalue weighted by Crippen LogP contribution is 2.31. The van der Waals surface area contributed by atoms with Gasteiger partial charge in [-0.05, 0) is 61.7 Å². The SMILES string of the molecule is CSCC[C@H](CC(=O)c1cccc2c1CCC(C(=O)CN1CCN(CC(=O)O)CCN(CC(=O)O)CCN(CC(=O)O)CC1)C2)C(=O)NCC(=O)C[C@@H](CCCCN1C(=O)C=CC1=O)C(=O)O. The van der Waals surface area contributed by atoms with Crippen LogP contribution < -0.4 is 5.32 Å². The standard InChI is InChI=1S/C46H64N6O14S/c1-67-22-12-33(45(64)47-26-35(53)24-34(46(65)66)5-2-3-13-52-40(56)10-11-41(52)57)25-38(54)37-7-4-6-31-23-32(8-9-36(31)37)39(55)27-48-14-16-49(28-42(58)59)18-20-51(30-44(62)63)21-19-50(17-15-48)29-43(60)61/h4,6-7,10-11,32-34H,2-3,5,8-9,12-30H2,1H3,(H,47,64)(H,58,59)(H,60,61)(H,62,63)(H,65,66)/t32?,33-,34-/m1/s1. The number of Topliss-reactive ketones (excluding diaryl/α,β-unsaturated/α-hetero) is 3. The Bertz CT molecular complexity index is 1960. The van der Waals surface area contributed by atoms with E-state index in [-0.39, 0.29) is 109 Å². The third-order valence-corrected chi connectivity index (χ3v) is 13.1. The molecule has 4 rings (SSSR count). The molecule has 0 bridgehead atoms. The summed E-state index contributed by atoms with van der Waals surface area (Å²) < 4.78 is 0. The molecular weight excluding hydrogens is 893 g/mol. The van der Waals surface area contributed by atoms with Gasteiger partial charge in [0.05, 0.1) is 38.6 Å². The second-order valence-electron chi connectivity index (χ2n) is 17.4. The van der Waals surface area contributed by atoms with E-state index >= 15 is 0 Å². The van der Waals surface area contributed by atoms with Gasteiger partial charge in [-0.2, -0.15) is 11.8 Å². The summed E-state index contributed by atoms with van der Waals surface area (Å²) in [4.78, 5) is 133. The number of carboxylic acid groups (broad SMARTS) is 4. The number of fused-ring (bicyclic) bond motifs is 1. The van der Waals surface area contributed by atoms with Crippen LogP contribution in [0.5, 0.6) is 0 Å². The third kappa shape index (κ3) is 18.3. The molecule has 3 amide bonds. The van der Waals surface area contributed by atoms with E-state index < -0.39 is 65.8 Å². The van der Waals surface area contributed by atoms with Crippen molar-refractivity contribution in [3.63, 3.8) is 0 Å². The number of unbranched alkanes of at least 4 members (excludes halogenated alkanes) is 1. The van der Waals surface area contributed by atoms with Crippen LogP contribution in [-0.4, -0.2) is 208 Å². The Morgan fingerprint density at radius 1 is 0.701 bits per heavy atom. The highest BCUT2D eigenvalue weighted by Gasteiger charge is 2.31. The molecule has 67 heavy (non-hydrogen) atoms. The average Bonchev–Trinajstić information content (AvgIpc) is 3.60. The van der Waals surface area contributed by atoms with E-state index in [1.807, 2.05) is 17.2 Å². The molecule has 1 saturated heterocycles. The first-order valence-electron chi connectivity index (χ1n) is 22.7. The maximum Gasteiger partial charge on any atom is 0.317 e. The highest BCUT2D eigenvalue weighted by atomic mass is 32.2. The van der Waals surface area contributed by atoms with Crippen LogP contribution in [0, 0.1) is 17.8 Å². The van der Waals surface area contributed by atoms with Gasteiger partial charge in [-0.1, -0.05) is 24.6 Å². The summed E-state index contributed by atoms with van der Waals surface area (Å²) in [5, 5.41) is 40.9. The van der Waals surface area contributed by atoms with Gasteiger partial charge in [0.2, 0.25) is 5.91 Å². The van der Waals surface area contributed by atoms with Crippen molar-refractivity contribution >= 4 is 70.7 Å². The van der Waals surface area contributed by atoms with E-state index in [2.05, 4.69) is 5.32 Å². The number of carbonyl (C=O) groups excluding carboxylic acids is 6. The molecule has 3 atom stereocenters. The van der Waals surface area contributed by atoms with Crippen LogP contribution >= 0.6 is 11.8 Å². The first-order valence-corrected chi connectivity index (χ1v) is 24.1. The summed E-state index contributed by atoms with van der Waals surface area (Å²) in [6, 6.07) is 5.34. The van der Waals surface area contributed by atoms with Crippen molar-refractivity contribution in [1.29, 1.82) is 0 Å². The number of rotatable bonds is 26. The van der Waals surface area contributed by atoms with E-state index in [0.717, 1.165) is 16.0 Å². The fourth-order valence-corrected chi connectivity index (χ4v) is 9.22.